The summed E-state index contributed by atoms with van der Waals surface area (Å²) in [4.78, 5) is 43.7. The molecule has 430 valence electrons. The number of benzene rings is 1. The zero-order chi connectivity index (χ0) is 56.4. The second-order valence-corrected chi connectivity index (χ2v) is 23.3. The first-order chi connectivity index (χ1) is 35.5. The van der Waals surface area contributed by atoms with Crippen LogP contribution in [0.1, 0.15) is 113 Å². The van der Waals surface area contributed by atoms with Crippen LogP contribution in [0.4, 0.5) is 14.9 Å². The molecule has 0 saturated carbocycles. The third-order valence-electron chi connectivity index (χ3n) is 16.9. The van der Waals surface area contributed by atoms with Gasteiger partial charge < -0.3 is 69.1 Å². The number of amides is 2. The number of esters is 1. The Kier molecular flexibility index (Phi) is 20.2. The predicted molar refractivity (Wildman–Crippen MR) is 277 cm³/mol. The average Bonchev–Trinajstić information content (AvgIpc) is 3.97. The van der Waals surface area contributed by atoms with Crippen molar-refractivity contribution in [2.75, 3.05) is 52.3 Å². The molecule has 0 spiro atoms. The normalized spacial score (nSPS) is 39.6. The number of cyclic esters (lactones) is 2. The highest BCUT2D eigenvalue weighted by molar-refractivity contribution is 5.89. The molecule has 76 heavy (non-hydrogen) atoms. The van der Waals surface area contributed by atoms with Crippen molar-refractivity contribution in [2.45, 2.75) is 205 Å². The number of carbonyl (C=O) groups is 3. The zero-order valence-electron chi connectivity index (χ0n) is 47.1. The van der Waals surface area contributed by atoms with Crippen LogP contribution in [0.2, 0.25) is 0 Å². The minimum Gasteiger partial charge on any atom is -0.459 e. The number of carbonyl (C=O) groups excluding carboxylic acids is 3. The molecule has 0 bridgehead atoms. The van der Waals surface area contributed by atoms with E-state index in [1.807, 2.05) is 44.7 Å². The summed E-state index contributed by atoms with van der Waals surface area (Å²) in [5.41, 5.74) is -3.27. The summed E-state index contributed by atoms with van der Waals surface area (Å²) in [6.45, 7) is 20.3. The van der Waals surface area contributed by atoms with Crippen molar-refractivity contribution in [2.24, 2.45) is 23.7 Å². The van der Waals surface area contributed by atoms with E-state index < -0.39 is 126 Å². The standard InChI is InChI=1S/C54H88FN7O14/c1-15-43-54(11,70)46(65)33(6)60(13)25-29(2)22-52(9,69)48(31(4)44(32(5)49(67)75-43)42-23-53(10,71-14)47(66)34(7)73-42)76-50-45(64)41(20-30(3)72-50)59(12)19-18-37-27-61(58-57-37)26-36-16-17-38(21-40(36)55)62-28-39(74-51(62)68)24-56-35(8)63/h16-17,21,27,29-34,39,41-48,50,64-66,69-70H,15,18-20,22-26,28H2,1-14H3,(H,56,63)/t29-,30-,31+,32-,33-,34+,39+,41+,42?,43-,44+,45-,46-,47+,48-,50+,52-,53-,54-/m1/s1. The molecule has 4 aliphatic heterocycles. The van der Waals surface area contributed by atoms with Crippen LogP contribution in [0.15, 0.2) is 24.4 Å². The van der Waals surface area contributed by atoms with Gasteiger partial charge in [-0.25, -0.2) is 13.9 Å². The number of aliphatic hydroxyl groups excluding tert-OH is 3. The summed E-state index contributed by atoms with van der Waals surface area (Å²) < 4.78 is 54.5. The van der Waals surface area contributed by atoms with Gasteiger partial charge in [0.25, 0.3) is 0 Å². The van der Waals surface area contributed by atoms with Crippen molar-refractivity contribution in [1.29, 1.82) is 0 Å². The van der Waals surface area contributed by atoms with Crippen LogP contribution in [0.3, 0.4) is 0 Å². The summed E-state index contributed by atoms with van der Waals surface area (Å²) in [7, 11) is 5.23. The number of nitrogens with one attached hydrogen (secondary N) is 1. The molecule has 4 aliphatic rings. The molecule has 1 aromatic heterocycles. The summed E-state index contributed by atoms with van der Waals surface area (Å²) >= 11 is 0. The molecule has 2 amide bonds. The highest BCUT2D eigenvalue weighted by Gasteiger charge is 2.55. The van der Waals surface area contributed by atoms with E-state index in [0.29, 0.717) is 42.9 Å². The highest BCUT2D eigenvalue weighted by Crippen LogP contribution is 2.45. The average molecular weight is 1080 g/mol. The Hall–Kier alpha value is -3.94. The number of nitrogens with zero attached hydrogens (tertiary/aromatic N) is 6. The van der Waals surface area contributed by atoms with Crippen molar-refractivity contribution < 1.29 is 72.7 Å². The third kappa shape index (κ3) is 13.9. The molecule has 6 rings (SSSR count). The number of hydrogen-bond donors (Lipinski definition) is 6. The van der Waals surface area contributed by atoms with Crippen LogP contribution >= 0.6 is 0 Å². The predicted octanol–water partition coefficient (Wildman–Crippen LogP) is 3.03. The number of methoxy groups -OCH3 is 1. The third-order valence-corrected chi connectivity index (χ3v) is 16.9. The van der Waals surface area contributed by atoms with Gasteiger partial charge in [0.05, 0.1) is 72.6 Å². The molecule has 0 aliphatic carbocycles. The van der Waals surface area contributed by atoms with Crippen LogP contribution < -0.4 is 10.2 Å². The van der Waals surface area contributed by atoms with Gasteiger partial charge in [-0.15, -0.1) is 5.10 Å². The van der Waals surface area contributed by atoms with Crippen LogP contribution in [-0.2, 0) is 51.0 Å². The lowest BCUT2D eigenvalue weighted by Crippen LogP contribution is -2.62. The van der Waals surface area contributed by atoms with Gasteiger partial charge in [-0.05, 0) is 98.9 Å². The van der Waals surface area contributed by atoms with E-state index in [9.17, 15) is 39.9 Å². The van der Waals surface area contributed by atoms with E-state index in [2.05, 4.69) is 15.6 Å². The molecule has 2 aromatic rings. The number of likely N-dealkylation sites (N-methyl/N-ethyl adjacent to an activating group) is 2. The summed E-state index contributed by atoms with van der Waals surface area (Å²) in [5, 5.41) is 71.4. The fourth-order valence-corrected chi connectivity index (χ4v) is 12.3. The second kappa shape index (κ2) is 25.0. The number of anilines is 1. The molecule has 5 heterocycles. The summed E-state index contributed by atoms with van der Waals surface area (Å²) in [5.74, 6) is -4.10. The quantitative estimate of drug-likeness (QED) is 0.149. The van der Waals surface area contributed by atoms with Crippen molar-refractivity contribution in [3.05, 3.63) is 41.5 Å². The minimum absolute atomic E-state index is 0.0720. The van der Waals surface area contributed by atoms with Crippen LogP contribution in [0, 0.1) is 29.5 Å². The number of ether oxygens (including phenoxy) is 6. The van der Waals surface area contributed by atoms with E-state index in [-0.39, 0.29) is 50.7 Å². The zero-order valence-corrected chi connectivity index (χ0v) is 47.1. The summed E-state index contributed by atoms with van der Waals surface area (Å²) in [6.07, 6.45) is -6.90. The molecule has 22 heteroatoms. The fourth-order valence-electron chi connectivity index (χ4n) is 12.3. The molecule has 19 atom stereocenters. The van der Waals surface area contributed by atoms with Crippen molar-refractivity contribution in [3.8, 4) is 0 Å². The maximum absolute atomic E-state index is 15.5. The first-order valence-corrected chi connectivity index (χ1v) is 27.0. The molecular weight excluding hydrogens is 990 g/mol. The smallest absolute Gasteiger partial charge is 0.414 e. The van der Waals surface area contributed by atoms with Crippen LogP contribution in [0.25, 0.3) is 0 Å². The Morgan fingerprint density at radius 2 is 1.70 bits per heavy atom. The number of hydrogen-bond acceptors (Lipinski definition) is 18. The molecule has 6 N–H and O–H groups in total. The molecule has 4 fully saturated rings. The lowest BCUT2D eigenvalue weighted by Gasteiger charge is -2.51. The maximum atomic E-state index is 15.5. The monoisotopic (exact) mass is 1080 g/mol. The van der Waals surface area contributed by atoms with E-state index in [1.54, 1.807) is 59.9 Å². The van der Waals surface area contributed by atoms with E-state index in [1.165, 1.54) is 36.6 Å². The van der Waals surface area contributed by atoms with E-state index in [4.69, 9.17) is 28.4 Å². The van der Waals surface area contributed by atoms with E-state index >= 15 is 4.39 Å². The molecule has 1 aromatic carbocycles. The van der Waals surface area contributed by atoms with Gasteiger partial charge >= 0.3 is 12.1 Å². The van der Waals surface area contributed by atoms with Crippen LogP contribution in [0.5, 0.6) is 0 Å². The van der Waals surface area contributed by atoms with Gasteiger partial charge in [-0.3, -0.25) is 14.5 Å². The minimum atomic E-state index is -1.84. The number of halogens is 1. The maximum Gasteiger partial charge on any atom is 0.414 e. The van der Waals surface area contributed by atoms with Gasteiger partial charge in [0.1, 0.15) is 41.9 Å². The molecule has 4 saturated heterocycles. The lowest BCUT2D eigenvalue weighted by molar-refractivity contribution is -0.302. The Morgan fingerprint density at radius 1 is 1.00 bits per heavy atom. The van der Waals surface area contributed by atoms with Gasteiger partial charge in [0.15, 0.2) is 6.29 Å². The van der Waals surface area contributed by atoms with Gasteiger partial charge in [-0.2, -0.15) is 0 Å². The largest absolute Gasteiger partial charge is 0.459 e. The Balaban J connectivity index is 1.22. The van der Waals surface area contributed by atoms with E-state index in [0.717, 1.165) is 0 Å². The SMILES string of the molecule is CC[C@H]1OC(=O)[C@H](C)[C@@H](C2C[C@@](C)(OC)[C@@H](O)[C@H](C)O2)[C@H](C)[C@@H](O[C@@H]2O[C@H](C)C[C@H](N(C)CCc3cn(Cc4ccc(N5C[C@H](CNC(C)=O)OC5=O)cc4F)nn3)[C@H]2O)[C@](C)(O)C[C@@H](C)CN(C)[C@H](C)[C@@H](O)[C@]1(C)O. The highest BCUT2D eigenvalue weighted by atomic mass is 19.1. The van der Waals surface area contributed by atoms with Gasteiger partial charge in [-0.1, -0.05) is 39.0 Å². The second-order valence-electron chi connectivity index (χ2n) is 23.3. The van der Waals surface area contributed by atoms with Crippen LogP contribution in [-0.4, -0.2) is 206 Å². The van der Waals surface area contributed by atoms with Gasteiger partial charge in [0.2, 0.25) is 5.91 Å². The number of aliphatic hydroxyl groups is 5. The number of rotatable bonds is 14. The molecule has 1 unspecified atom stereocenters. The summed E-state index contributed by atoms with van der Waals surface area (Å²) in [6, 6.07) is 3.40. The Morgan fingerprint density at radius 3 is 2.34 bits per heavy atom. The first-order valence-electron chi connectivity index (χ1n) is 27.0. The first kappa shape index (κ1) is 61.3. The molecular formula is C54H88FN7O14. The Labute approximate surface area is 447 Å². The van der Waals surface area contributed by atoms with Crippen molar-refractivity contribution in [3.63, 3.8) is 0 Å². The van der Waals surface area contributed by atoms with Crippen molar-refractivity contribution >= 4 is 23.7 Å². The Bertz CT molecular complexity index is 2280. The van der Waals surface area contributed by atoms with Gasteiger partial charge in [0, 0.05) is 69.7 Å². The topological polar surface area (TPSA) is 260 Å². The van der Waals surface area contributed by atoms with Crippen molar-refractivity contribution in [1.82, 2.24) is 30.1 Å². The molecule has 0 radical (unpaired) electrons. The number of aromatic nitrogens is 3. The molecule has 21 nitrogen and oxygen atoms in total. The lowest BCUT2D eigenvalue weighted by atomic mass is 9.68. The fraction of sp³-hybridized carbons (Fsp3) is 0.796.